The van der Waals surface area contributed by atoms with E-state index in [0.717, 1.165) is 31.0 Å². The van der Waals surface area contributed by atoms with Crippen molar-refractivity contribution in [1.82, 2.24) is 14.8 Å². The highest BCUT2D eigenvalue weighted by Gasteiger charge is 2.22. The van der Waals surface area contributed by atoms with Gasteiger partial charge >= 0.3 is 0 Å². The van der Waals surface area contributed by atoms with Gasteiger partial charge in [0.2, 0.25) is 0 Å². The van der Waals surface area contributed by atoms with Crippen LogP contribution >= 0.6 is 0 Å². The van der Waals surface area contributed by atoms with Gasteiger partial charge in [-0.25, -0.2) is 0 Å². The van der Waals surface area contributed by atoms with Crippen LogP contribution in [0.25, 0.3) is 0 Å². The van der Waals surface area contributed by atoms with Gasteiger partial charge in [-0.15, -0.1) is 0 Å². The predicted octanol–water partition coefficient (Wildman–Crippen LogP) is 3.65. The van der Waals surface area contributed by atoms with Crippen LogP contribution in [-0.4, -0.2) is 46.9 Å². The summed E-state index contributed by atoms with van der Waals surface area (Å²) >= 11 is 0. The number of rotatable bonds is 5. The maximum atomic E-state index is 13.0. The number of aromatic nitrogens is 1. The Labute approximate surface area is 176 Å². The largest absolute Gasteiger partial charge is 0.354 e. The molecule has 3 aromatic rings. The Bertz CT molecular complexity index is 1040. The Morgan fingerprint density at radius 2 is 1.70 bits per heavy atom. The van der Waals surface area contributed by atoms with Crippen LogP contribution < -0.4 is 5.32 Å². The number of amides is 1. The molecule has 0 spiro atoms. The maximum Gasteiger partial charge on any atom is 0.255 e. The van der Waals surface area contributed by atoms with Crippen molar-refractivity contribution >= 4 is 17.3 Å². The van der Waals surface area contributed by atoms with Crippen LogP contribution in [0.3, 0.4) is 0 Å². The van der Waals surface area contributed by atoms with E-state index < -0.39 is 0 Å². The number of piperazine rings is 1. The van der Waals surface area contributed by atoms with Crippen molar-refractivity contribution in [3.05, 3.63) is 89.7 Å². The lowest BCUT2D eigenvalue weighted by Gasteiger charge is -2.34. The lowest BCUT2D eigenvalue weighted by molar-refractivity contribution is 0.0628. The zero-order chi connectivity index (χ0) is 20.8. The third-order valence-electron chi connectivity index (χ3n) is 5.20. The van der Waals surface area contributed by atoms with Gasteiger partial charge in [0.25, 0.3) is 5.91 Å². The number of hydrogen-bond acceptors (Lipinski definition) is 5. The van der Waals surface area contributed by atoms with Crippen LogP contribution in [0.15, 0.2) is 73.1 Å². The van der Waals surface area contributed by atoms with Crippen molar-refractivity contribution in [3.8, 4) is 6.07 Å². The molecule has 1 amide bonds. The van der Waals surface area contributed by atoms with Crippen LogP contribution in [-0.2, 0) is 6.54 Å². The summed E-state index contributed by atoms with van der Waals surface area (Å²) in [4.78, 5) is 21.5. The molecule has 1 N–H and O–H groups in total. The second kappa shape index (κ2) is 9.21. The van der Waals surface area contributed by atoms with Gasteiger partial charge in [-0.1, -0.05) is 30.3 Å². The molecule has 2 aromatic carbocycles. The van der Waals surface area contributed by atoms with Crippen LogP contribution in [0.2, 0.25) is 0 Å². The number of pyridine rings is 1. The van der Waals surface area contributed by atoms with E-state index in [-0.39, 0.29) is 5.91 Å². The van der Waals surface area contributed by atoms with E-state index >= 15 is 0 Å². The Kier molecular flexibility index (Phi) is 6.02. The van der Waals surface area contributed by atoms with Gasteiger partial charge in [-0.05, 0) is 35.9 Å². The highest BCUT2D eigenvalue weighted by Crippen LogP contribution is 2.19. The van der Waals surface area contributed by atoms with Crippen LogP contribution in [0.5, 0.6) is 0 Å². The lowest BCUT2D eigenvalue weighted by atomic mass is 10.1. The third kappa shape index (κ3) is 4.83. The van der Waals surface area contributed by atoms with Gasteiger partial charge < -0.3 is 10.2 Å². The Hall–Kier alpha value is -3.69. The van der Waals surface area contributed by atoms with Crippen molar-refractivity contribution < 1.29 is 4.79 Å². The molecular formula is C24H23N5O. The summed E-state index contributed by atoms with van der Waals surface area (Å²) in [6.07, 6.45) is 3.30. The molecular weight excluding hydrogens is 374 g/mol. The minimum Gasteiger partial charge on any atom is -0.354 e. The molecule has 6 heteroatoms. The first-order chi connectivity index (χ1) is 14.7. The zero-order valence-corrected chi connectivity index (χ0v) is 16.7. The summed E-state index contributed by atoms with van der Waals surface area (Å²) in [5, 5.41) is 12.1. The molecule has 1 aliphatic heterocycles. The van der Waals surface area contributed by atoms with Crippen molar-refractivity contribution in [2.24, 2.45) is 0 Å². The molecule has 150 valence electrons. The second-order valence-electron chi connectivity index (χ2n) is 7.33. The fraction of sp³-hybridized carbons (Fsp3) is 0.208. The number of benzene rings is 2. The minimum absolute atomic E-state index is 0.00494. The monoisotopic (exact) mass is 397 g/mol. The molecule has 0 bridgehead atoms. The van der Waals surface area contributed by atoms with Crippen molar-refractivity contribution in [3.63, 3.8) is 0 Å². The molecule has 0 saturated carbocycles. The summed E-state index contributed by atoms with van der Waals surface area (Å²) in [7, 11) is 0. The molecule has 1 aromatic heterocycles. The van der Waals surface area contributed by atoms with Crippen molar-refractivity contribution in [2.75, 3.05) is 31.5 Å². The molecule has 30 heavy (non-hydrogen) atoms. The first-order valence-electron chi connectivity index (χ1n) is 9.99. The second-order valence-corrected chi connectivity index (χ2v) is 7.33. The summed E-state index contributed by atoms with van der Waals surface area (Å²) in [6.45, 7) is 4.04. The number of nitrogens with zero attached hydrogens (tertiary/aromatic N) is 4. The van der Waals surface area contributed by atoms with Gasteiger partial charge in [-0.2, -0.15) is 5.26 Å². The van der Waals surface area contributed by atoms with E-state index in [1.165, 1.54) is 5.56 Å². The van der Waals surface area contributed by atoms with Crippen LogP contribution in [0.4, 0.5) is 11.4 Å². The van der Waals surface area contributed by atoms with E-state index in [1.54, 1.807) is 24.5 Å². The van der Waals surface area contributed by atoms with Crippen molar-refractivity contribution in [2.45, 2.75) is 6.54 Å². The number of carbonyl (C=O) groups is 1. The SMILES string of the molecule is N#Cc1ccc(Nc2cncc(C(=O)N3CCN(Cc4ccccc4)CC3)c2)cc1. The average Bonchev–Trinajstić information content (AvgIpc) is 2.80. The van der Waals surface area contributed by atoms with E-state index in [4.69, 9.17) is 5.26 Å². The van der Waals surface area contributed by atoms with Gasteiger partial charge in [0.15, 0.2) is 0 Å². The molecule has 0 unspecified atom stereocenters. The normalized spacial score (nSPS) is 14.2. The summed E-state index contributed by atoms with van der Waals surface area (Å²) in [5.74, 6) is 0.00494. The molecule has 2 heterocycles. The third-order valence-corrected chi connectivity index (χ3v) is 5.20. The molecule has 4 rings (SSSR count). The van der Waals surface area contributed by atoms with Crippen LogP contribution in [0.1, 0.15) is 21.5 Å². The fourth-order valence-corrected chi connectivity index (χ4v) is 3.55. The molecule has 6 nitrogen and oxygen atoms in total. The molecule has 0 aliphatic carbocycles. The van der Waals surface area contributed by atoms with Gasteiger partial charge in [0.1, 0.15) is 0 Å². The van der Waals surface area contributed by atoms with E-state index in [2.05, 4.69) is 45.5 Å². The molecule has 1 saturated heterocycles. The number of anilines is 2. The molecule has 1 fully saturated rings. The predicted molar refractivity (Wildman–Crippen MR) is 116 cm³/mol. The molecule has 0 atom stereocenters. The zero-order valence-electron chi connectivity index (χ0n) is 16.7. The first kappa shape index (κ1) is 19.6. The smallest absolute Gasteiger partial charge is 0.255 e. The summed E-state index contributed by atoms with van der Waals surface area (Å²) < 4.78 is 0. The van der Waals surface area contributed by atoms with E-state index in [9.17, 15) is 4.79 Å². The molecule has 1 aliphatic rings. The van der Waals surface area contributed by atoms with E-state index in [0.29, 0.717) is 24.2 Å². The Morgan fingerprint density at radius 1 is 0.967 bits per heavy atom. The summed E-state index contributed by atoms with van der Waals surface area (Å²) in [5.41, 5.74) is 4.06. The van der Waals surface area contributed by atoms with Gasteiger partial charge in [-0.3, -0.25) is 14.7 Å². The highest BCUT2D eigenvalue weighted by molar-refractivity contribution is 5.95. The fourth-order valence-electron chi connectivity index (χ4n) is 3.55. The molecule has 0 radical (unpaired) electrons. The topological polar surface area (TPSA) is 72.3 Å². The number of hydrogen-bond donors (Lipinski definition) is 1. The quantitative estimate of drug-likeness (QED) is 0.711. The Balaban J connectivity index is 1.35. The lowest BCUT2D eigenvalue weighted by Crippen LogP contribution is -2.48. The van der Waals surface area contributed by atoms with Gasteiger partial charge in [0.05, 0.1) is 29.1 Å². The standard InChI is InChI=1S/C24H23N5O/c25-15-19-6-8-22(9-7-19)27-23-14-21(16-26-17-23)24(30)29-12-10-28(11-13-29)18-20-4-2-1-3-5-20/h1-9,14,16-17,27H,10-13,18H2. The van der Waals surface area contributed by atoms with E-state index in [1.807, 2.05) is 29.2 Å². The summed E-state index contributed by atoms with van der Waals surface area (Å²) in [6, 6.07) is 21.5. The number of nitriles is 1. The number of nitrogens with one attached hydrogen (secondary N) is 1. The maximum absolute atomic E-state index is 13.0. The number of carbonyl (C=O) groups excluding carboxylic acids is 1. The Morgan fingerprint density at radius 3 is 2.40 bits per heavy atom. The minimum atomic E-state index is 0.00494. The van der Waals surface area contributed by atoms with Crippen LogP contribution in [0, 0.1) is 11.3 Å². The average molecular weight is 397 g/mol. The first-order valence-corrected chi connectivity index (χ1v) is 9.99. The van der Waals surface area contributed by atoms with Crippen molar-refractivity contribution in [1.29, 1.82) is 5.26 Å². The highest BCUT2D eigenvalue weighted by atomic mass is 16.2. The van der Waals surface area contributed by atoms with Gasteiger partial charge in [0, 0.05) is 44.6 Å².